The lowest BCUT2D eigenvalue weighted by Crippen LogP contribution is -1.07. The smallest absolute Gasteiger partial charge is 0 e. The molecule has 57 valence electrons. The van der Waals surface area contributed by atoms with E-state index in [2.05, 4.69) is 19.7 Å². The highest BCUT2D eigenvalue weighted by molar-refractivity contribution is 5.75. The van der Waals surface area contributed by atoms with E-state index in [1.54, 1.807) is 18.2 Å². The summed E-state index contributed by atoms with van der Waals surface area (Å²) in [5.41, 5.74) is 0. The summed E-state index contributed by atoms with van der Waals surface area (Å²) in [6.07, 6.45) is 5.25. The third kappa shape index (κ3) is 563. The molecule has 0 unspecified atom stereocenters. The summed E-state index contributed by atoms with van der Waals surface area (Å²) >= 11 is 0. The molecule has 0 atom stereocenters. The van der Waals surface area contributed by atoms with Gasteiger partial charge in [-0.05, 0) is 20.8 Å². The first-order valence-electron chi connectivity index (χ1n) is 2.96. The summed E-state index contributed by atoms with van der Waals surface area (Å²) in [5.74, 6) is 0. The molecule has 0 bridgehead atoms. The molecule has 0 aromatic rings. The third-order valence-corrected chi connectivity index (χ3v) is 0. The molecule has 0 aliphatic carbocycles. The Balaban J connectivity index is -0.0000000257. The lowest BCUT2D eigenvalue weighted by Gasteiger charge is -1.31. The zero-order valence-electron chi connectivity index (χ0n) is 7.43. The molecule has 0 nitrogen and oxygen atoms in total. The van der Waals surface area contributed by atoms with Crippen LogP contribution < -0.4 is 0 Å². The van der Waals surface area contributed by atoms with Crippen LogP contribution in [0.4, 0.5) is 0 Å². The Morgan fingerprint density at radius 2 is 0.700 bits per heavy atom. The Labute approximate surface area is 67.9 Å². The molecule has 0 spiro atoms. The summed E-state index contributed by atoms with van der Waals surface area (Å²) in [6, 6.07) is 0. The predicted octanol–water partition coefficient (Wildman–Crippen LogP) is 3.20. The minimum absolute atomic E-state index is 0. The predicted molar refractivity (Wildman–Crippen MR) is 53.4 cm³/mol. The van der Waals surface area contributed by atoms with Crippen LogP contribution >= 0.6 is 0 Å². The van der Waals surface area contributed by atoms with Crippen LogP contribution in [0.3, 0.4) is 0 Å². The zero-order valence-corrected chi connectivity index (χ0v) is 7.43. The van der Waals surface area contributed by atoms with Crippen LogP contribution in [0.15, 0.2) is 38.0 Å². The Kier molecular flexibility index (Phi) is 192. The quantitative estimate of drug-likeness (QED) is 0.355. The molecule has 0 saturated carbocycles. The van der Waals surface area contributed by atoms with Crippen LogP contribution in [0.1, 0.15) is 20.8 Å². The Bertz CT molecular complexity index is 41.5. The van der Waals surface area contributed by atoms with Crippen LogP contribution in [0.25, 0.3) is 0 Å². The van der Waals surface area contributed by atoms with Crippen LogP contribution in [-0.2, 0) is 0 Å². The summed E-state index contributed by atoms with van der Waals surface area (Å²) in [4.78, 5) is 0. The first-order valence-corrected chi connectivity index (χ1v) is 2.96. The first kappa shape index (κ1) is 22.8. The van der Waals surface area contributed by atoms with E-state index in [0.29, 0.717) is 0 Å². The monoisotopic (exact) mass is 137 g/mol. The van der Waals surface area contributed by atoms with Crippen molar-refractivity contribution < 1.29 is 0 Å². The minimum Gasteiger partial charge on any atom is -0.103 e. The Morgan fingerprint density at radius 3 is 0.700 bits per heavy atom. The highest BCUT2D eigenvalue weighted by Gasteiger charge is 1.15. The summed E-state index contributed by atoms with van der Waals surface area (Å²) in [5, 5.41) is 0. The molecule has 0 fully saturated rings. The normalized spacial score (nSPS) is 3.90. The van der Waals surface area contributed by atoms with Crippen LogP contribution in [0.5, 0.6) is 0 Å². The molecule has 0 rings (SSSR count). The van der Waals surface area contributed by atoms with Gasteiger partial charge in [-0.1, -0.05) is 18.2 Å². The molecule has 0 aliphatic rings. The van der Waals surface area contributed by atoms with Crippen molar-refractivity contribution in [2.75, 3.05) is 0 Å². The molecule has 0 N–H and O–H groups in total. The fourth-order valence-electron chi connectivity index (χ4n) is 0. The summed E-state index contributed by atoms with van der Waals surface area (Å²) in [6.45, 7) is 15.8. The van der Waals surface area contributed by atoms with Crippen molar-refractivity contribution in [3.05, 3.63) is 38.0 Å². The molecule has 0 aliphatic heterocycles. The first-order chi connectivity index (χ1) is 4.24. The minimum atomic E-state index is 0. The van der Waals surface area contributed by atoms with Crippen LogP contribution in [0, 0.1) is 0 Å². The Hall–Kier alpha value is -0.715. The molecule has 0 aromatic carbocycles. The average molecular weight is 137 g/mol. The van der Waals surface area contributed by atoms with Crippen molar-refractivity contribution in [1.29, 1.82) is 0 Å². The van der Waals surface area contributed by atoms with Crippen molar-refractivity contribution in [3.8, 4) is 0 Å². The zero-order chi connectivity index (χ0) is 8.12. The van der Waals surface area contributed by atoms with Gasteiger partial charge in [-0.2, -0.15) is 0 Å². The average Bonchev–Trinajstić information content (AvgIpc) is 1.70. The van der Waals surface area contributed by atoms with Gasteiger partial charge in [0.2, 0.25) is 0 Å². The SMILES string of the molecule is C=CC.C=CC.C=CC.[B]. The molecular weight excluding hydrogens is 119 g/mol. The molecule has 0 saturated heterocycles. The lowest BCUT2D eigenvalue weighted by atomic mass is 10.8. The van der Waals surface area contributed by atoms with E-state index in [1.807, 2.05) is 20.8 Å². The van der Waals surface area contributed by atoms with Gasteiger partial charge < -0.3 is 0 Å². The number of hydrogen-bond acceptors (Lipinski definition) is 0. The number of hydrogen-bond donors (Lipinski definition) is 0. The third-order valence-electron chi connectivity index (χ3n) is 0. The Morgan fingerprint density at radius 1 is 0.700 bits per heavy atom. The lowest BCUT2D eigenvalue weighted by molar-refractivity contribution is 1.80. The van der Waals surface area contributed by atoms with E-state index in [9.17, 15) is 0 Å². The molecule has 0 aromatic heterocycles. The van der Waals surface area contributed by atoms with Crippen molar-refractivity contribution in [2.24, 2.45) is 0 Å². The largest absolute Gasteiger partial charge is 0.103 e. The van der Waals surface area contributed by atoms with E-state index in [4.69, 9.17) is 0 Å². The molecule has 3 radical (unpaired) electrons. The second kappa shape index (κ2) is 84.2. The molecule has 0 amide bonds. The maximum absolute atomic E-state index is 3.36. The molecule has 1 heteroatoms. The topological polar surface area (TPSA) is 0 Å². The second-order valence-corrected chi connectivity index (χ2v) is 1.22. The van der Waals surface area contributed by atoms with Gasteiger partial charge in [0, 0.05) is 8.41 Å². The van der Waals surface area contributed by atoms with Crippen molar-refractivity contribution in [2.45, 2.75) is 20.8 Å². The molecule has 10 heavy (non-hydrogen) atoms. The van der Waals surface area contributed by atoms with Gasteiger partial charge in [-0.3, -0.25) is 0 Å². The molecule has 0 heterocycles. The van der Waals surface area contributed by atoms with E-state index in [0.717, 1.165) is 0 Å². The number of allylic oxidation sites excluding steroid dienone is 3. The standard InChI is InChI=1S/3C3H6.B/c3*1-3-2;/h3*3H,1H2,2H3;. The van der Waals surface area contributed by atoms with Crippen LogP contribution in [-0.4, -0.2) is 8.41 Å². The van der Waals surface area contributed by atoms with Crippen LogP contribution in [0.2, 0.25) is 0 Å². The fraction of sp³-hybridized carbons (Fsp3) is 0.333. The van der Waals surface area contributed by atoms with Crippen molar-refractivity contribution >= 4 is 8.41 Å². The summed E-state index contributed by atoms with van der Waals surface area (Å²) in [7, 11) is 0. The van der Waals surface area contributed by atoms with Gasteiger partial charge in [0.15, 0.2) is 0 Å². The van der Waals surface area contributed by atoms with E-state index < -0.39 is 0 Å². The van der Waals surface area contributed by atoms with Gasteiger partial charge in [-0.25, -0.2) is 0 Å². The van der Waals surface area contributed by atoms with Gasteiger partial charge in [0.1, 0.15) is 0 Å². The molecular formula is C9H18B. The van der Waals surface area contributed by atoms with Crippen molar-refractivity contribution in [1.82, 2.24) is 0 Å². The van der Waals surface area contributed by atoms with Gasteiger partial charge in [0.05, 0.1) is 0 Å². The maximum atomic E-state index is 3.36. The van der Waals surface area contributed by atoms with E-state index in [1.165, 1.54) is 0 Å². The fourth-order valence-corrected chi connectivity index (χ4v) is 0. The maximum Gasteiger partial charge on any atom is 0 e. The van der Waals surface area contributed by atoms with Gasteiger partial charge >= 0.3 is 0 Å². The van der Waals surface area contributed by atoms with Crippen molar-refractivity contribution in [3.63, 3.8) is 0 Å². The summed E-state index contributed by atoms with van der Waals surface area (Å²) < 4.78 is 0. The number of rotatable bonds is 0. The van der Waals surface area contributed by atoms with Gasteiger partial charge in [0.25, 0.3) is 0 Å². The second-order valence-electron chi connectivity index (χ2n) is 1.22. The highest BCUT2D eigenvalue weighted by Crippen LogP contribution is 1.38. The van der Waals surface area contributed by atoms with E-state index >= 15 is 0 Å². The highest BCUT2D eigenvalue weighted by atomic mass is 13.2. The van der Waals surface area contributed by atoms with E-state index in [-0.39, 0.29) is 8.41 Å². The van der Waals surface area contributed by atoms with Gasteiger partial charge in [-0.15, -0.1) is 19.7 Å².